The number of aromatic hydroxyl groups is 1. The van der Waals surface area contributed by atoms with Crippen molar-refractivity contribution >= 4 is 41.9 Å². The summed E-state index contributed by atoms with van der Waals surface area (Å²) in [6.07, 6.45) is 0. The first-order valence-electron chi connectivity index (χ1n) is 6.46. The molecule has 0 bridgehead atoms. The second-order valence-electron chi connectivity index (χ2n) is 4.68. The molecule has 0 atom stereocenters. The number of phenolic OH excluding ortho intramolecular Hbond substituents is 1. The van der Waals surface area contributed by atoms with E-state index in [4.69, 9.17) is 42.4 Å². The average Bonchev–Trinajstić information content (AvgIpc) is 2.48. The molecule has 0 aliphatic heterocycles. The Bertz CT molecular complexity index is 1040. The third kappa shape index (κ3) is 9.92. The number of benzene rings is 2. The summed E-state index contributed by atoms with van der Waals surface area (Å²) in [4.78, 5) is 44.6. The van der Waals surface area contributed by atoms with Gasteiger partial charge in [-0.25, -0.2) is 4.98 Å². The normalized spacial score (nSPS) is 9.89. The van der Waals surface area contributed by atoms with Crippen molar-refractivity contribution in [3.8, 4) is 17.1 Å². The van der Waals surface area contributed by atoms with Gasteiger partial charge in [-0.3, -0.25) is 4.79 Å². The van der Waals surface area contributed by atoms with Gasteiger partial charge >= 0.3 is 88.7 Å². The van der Waals surface area contributed by atoms with Gasteiger partial charge in [0, 0.05) is 10.0 Å². The smallest absolute Gasteiger partial charge is 0.822 e. The van der Waals surface area contributed by atoms with Crippen molar-refractivity contribution < 1.29 is 113 Å². The Balaban J connectivity index is 0. The Morgan fingerprint density at radius 2 is 1.46 bits per heavy atom. The van der Waals surface area contributed by atoms with E-state index in [2.05, 4.69) is 9.97 Å². The molecule has 132 valence electrons. The molecule has 0 spiro atoms. The van der Waals surface area contributed by atoms with Gasteiger partial charge in [0.1, 0.15) is 11.6 Å². The van der Waals surface area contributed by atoms with Gasteiger partial charge in [0.05, 0.1) is 16.5 Å². The van der Waals surface area contributed by atoms with Gasteiger partial charge in [0.15, 0.2) is 0 Å². The zero-order valence-corrected chi connectivity index (χ0v) is 23.5. The largest absolute Gasteiger partial charge is 1.00 e. The fourth-order valence-corrected chi connectivity index (χ4v) is 2.28. The Hall–Kier alpha value is 1.07. The molecule has 3 rings (SSSR count). The molecule has 8 nitrogen and oxygen atoms in total. The van der Waals surface area contributed by atoms with Gasteiger partial charge in [-0.15, -0.1) is 0 Å². The fraction of sp³-hybridized carbons (Fsp3) is 0. The van der Waals surface area contributed by atoms with Crippen molar-refractivity contribution in [1.29, 1.82) is 0 Å². The van der Waals surface area contributed by atoms with Crippen molar-refractivity contribution in [3.05, 3.63) is 56.8 Å². The predicted octanol–water partition coefficient (Wildman–Crippen LogP) is -8.21. The number of halogens is 2. The molecular formula is C14H8Cl2N2Na3O6P. The van der Waals surface area contributed by atoms with Gasteiger partial charge in [0.2, 0.25) is 0 Å². The standard InChI is InChI=1S/C14H8Cl2N2O2.3Na.H3O4P/c15-7-1-3-11-9(5-7)14(20)18-13(17-11)10-6-8(16)2-4-12(10)19;;;;1-5(2,3)4/h1-6,19H,(H,17,18,20);;;;(H3,1,2,3,4)/q;3*+1;/p-3. The first kappa shape index (κ1) is 31.3. The molecule has 0 saturated carbocycles. The average molecular weight is 471 g/mol. The molecule has 1 aromatic heterocycles. The zero-order valence-electron chi connectivity index (χ0n) is 15.1. The van der Waals surface area contributed by atoms with E-state index in [1.54, 1.807) is 24.3 Å². The van der Waals surface area contributed by atoms with Crippen LogP contribution in [-0.2, 0) is 4.57 Å². The minimum absolute atomic E-state index is 0. The molecule has 0 aliphatic carbocycles. The molecule has 3 aromatic rings. The van der Waals surface area contributed by atoms with E-state index in [1.807, 2.05) is 0 Å². The van der Waals surface area contributed by atoms with Crippen LogP contribution in [0.5, 0.6) is 5.75 Å². The van der Waals surface area contributed by atoms with Crippen LogP contribution in [-0.4, -0.2) is 15.1 Å². The number of hydrogen-bond donors (Lipinski definition) is 2. The summed E-state index contributed by atoms with van der Waals surface area (Å²) < 4.78 is 8.55. The monoisotopic (exact) mass is 470 g/mol. The maximum Gasteiger partial charge on any atom is 1.00 e. The van der Waals surface area contributed by atoms with E-state index < -0.39 is 7.82 Å². The molecule has 1 heterocycles. The number of aromatic nitrogens is 2. The summed E-state index contributed by atoms with van der Waals surface area (Å²) in [5.41, 5.74) is 0.533. The van der Waals surface area contributed by atoms with Crippen LogP contribution in [0.3, 0.4) is 0 Å². The number of phenols is 1. The van der Waals surface area contributed by atoms with Gasteiger partial charge < -0.3 is 29.3 Å². The number of hydrogen-bond acceptors (Lipinski definition) is 7. The maximum atomic E-state index is 12.1. The molecule has 0 radical (unpaired) electrons. The number of nitrogens with one attached hydrogen (secondary N) is 1. The van der Waals surface area contributed by atoms with E-state index >= 15 is 0 Å². The minimum Gasteiger partial charge on any atom is -0.822 e. The van der Waals surface area contributed by atoms with Crippen molar-refractivity contribution in [2.24, 2.45) is 0 Å². The molecule has 28 heavy (non-hydrogen) atoms. The number of H-pyrrole nitrogens is 1. The Morgan fingerprint density at radius 1 is 0.964 bits per heavy atom. The third-order valence-electron chi connectivity index (χ3n) is 2.88. The minimum atomic E-state index is -5.39. The predicted molar refractivity (Wildman–Crippen MR) is 87.1 cm³/mol. The number of rotatable bonds is 1. The summed E-state index contributed by atoms with van der Waals surface area (Å²) >= 11 is 11.8. The third-order valence-corrected chi connectivity index (χ3v) is 3.35. The van der Waals surface area contributed by atoms with Crippen LogP contribution in [0.4, 0.5) is 0 Å². The second-order valence-corrected chi connectivity index (χ2v) is 6.45. The van der Waals surface area contributed by atoms with Crippen LogP contribution in [0.25, 0.3) is 22.3 Å². The summed E-state index contributed by atoms with van der Waals surface area (Å²) in [5.74, 6) is 0.246. The van der Waals surface area contributed by atoms with Crippen LogP contribution in [0.1, 0.15) is 0 Å². The topological polar surface area (TPSA) is 152 Å². The summed E-state index contributed by atoms with van der Waals surface area (Å²) in [7, 11) is -5.39. The molecule has 0 fully saturated rings. The number of fused-ring (bicyclic) bond motifs is 1. The van der Waals surface area contributed by atoms with Crippen LogP contribution >= 0.6 is 31.0 Å². The number of nitrogens with zero attached hydrogens (tertiary/aromatic N) is 1. The molecule has 0 amide bonds. The number of phosphoric acid groups is 1. The van der Waals surface area contributed by atoms with E-state index in [0.29, 0.717) is 26.5 Å². The van der Waals surface area contributed by atoms with Crippen molar-refractivity contribution in [3.63, 3.8) is 0 Å². The maximum absolute atomic E-state index is 12.1. The first-order valence-corrected chi connectivity index (χ1v) is 8.68. The summed E-state index contributed by atoms with van der Waals surface area (Å²) in [6.45, 7) is 0. The quantitative estimate of drug-likeness (QED) is 0.264. The molecule has 0 aliphatic rings. The summed E-state index contributed by atoms with van der Waals surface area (Å²) in [6, 6.07) is 9.39. The van der Waals surface area contributed by atoms with E-state index in [0.717, 1.165) is 0 Å². The molecule has 0 saturated heterocycles. The second kappa shape index (κ2) is 13.5. The van der Waals surface area contributed by atoms with Crippen LogP contribution in [0, 0.1) is 0 Å². The van der Waals surface area contributed by atoms with Crippen molar-refractivity contribution in [2.45, 2.75) is 0 Å². The molecular weight excluding hydrogens is 463 g/mol. The summed E-state index contributed by atoms with van der Waals surface area (Å²) in [5, 5.41) is 11.1. The Kier molecular flexibility index (Phi) is 15.0. The SMILES string of the molecule is O=P([O-])([O-])[O-].O=c1[nH]c(-c2cc(Cl)ccc2O)nc2ccc(Cl)cc12.[Na+].[Na+].[Na+]. The van der Waals surface area contributed by atoms with Gasteiger partial charge in [0.25, 0.3) is 5.56 Å². The molecule has 2 aromatic carbocycles. The van der Waals surface area contributed by atoms with Crippen LogP contribution in [0.15, 0.2) is 41.2 Å². The van der Waals surface area contributed by atoms with E-state index in [9.17, 15) is 9.90 Å². The molecule has 14 heteroatoms. The zero-order chi connectivity index (χ0) is 18.8. The Morgan fingerprint density at radius 3 is 2.04 bits per heavy atom. The molecule has 2 N–H and O–H groups in total. The van der Waals surface area contributed by atoms with E-state index in [1.165, 1.54) is 12.1 Å². The van der Waals surface area contributed by atoms with Gasteiger partial charge in [-0.2, -0.15) is 7.82 Å². The fourth-order valence-electron chi connectivity index (χ4n) is 1.94. The van der Waals surface area contributed by atoms with Crippen LogP contribution < -0.4 is 109 Å². The van der Waals surface area contributed by atoms with Crippen molar-refractivity contribution in [2.75, 3.05) is 0 Å². The Labute approximate surface area is 235 Å². The van der Waals surface area contributed by atoms with Crippen molar-refractivity contribution in [1.82, 2.24) is 9.97 Å². The van der Waals surface area contributed by atoms with Crippen LogP contribution in [0.2, 0.25) is 10.0 Å². The van der Waals surface area contributed by atoms with E-state index in [-0.39, 0.29) is 106 Å². The molecule has 0 unspecified atom stereocenters. The van der Waals surface area contributed by atoms with Gasteiger partial charge in [-0.1, -0.05) is 23.2 Å². The van der Waals surface area contributed by atoms with Gasteiger partial charge in [-0.05, 0) is 36.4 Å². The first-order chi connectivity index (χ1) is 11.5. The number of aromatic amines is 1.